The molecule has 2 aliphatic heterocycles. The zero-order valence-electron chi connectivity index (χ0n) is 14.9. The Morgan fingerprint density at radius 2 is 1.41 bits per heavy atom. The van der Waals surface area contributed by atoms with Gasteiger partial charge in [0.05, 0.1) is 19.3 Å². The maximum absolute atomic E-state index is 5.93. The van der Waals surface area contributed by atoms with Crippen molar-refractivity contribution in [2.45, 2.75) is 90.4 Å². The van der Waals surface area contributed by atoms with Crippen LogP contribution in [-0.2, 0) is 9.47 Å². The fourth-order valence-electron chi connectivity index (χ4n) is 3.76. The van der Waals surface area contributed by atoms with Gasteiger partial charge in [0, 0.05) is 0 Å². The molecule has 22 heavy (non-hydrogen) atoms. The van der Waals surface area contributed by atoms with Gasteiger partial charge in [0.1, 0.15) is 0 Å². The molecule has 0 aliphatic carbocycles. The van der Waals surface area contributed by atoms with E-state index in [1.807, 2.05) is 0 Å². The zero-order chi connectivity index (χ0) is 15.6. The minimum absolute atomic E-state index is 0.0642. The Balaban J connectivity index is 1.58. The summed E-state index contributed by atoms with van der Waals surface area (Å²) in [7, 11) is 0. The molecule has 3 heteroatoms. The standard InChI is InChI=1S/C19H37NO2/c1-3-5-7-9-17-11-13-20(14-12-17)18-15-21-19(22-16-18)10-8-6-4-2/h17-19H,3-16H2,1-2H3. The number of rotatable bonds is 9. The summed E-state index contributed by atoms with van der Waals surface area (Å²) >= 11 is 0. The van der Waals surface area contributed by atoms with Crippen molar-refractivity contribution in [3.8, 4) is 0 Å². The van der Waals surface area contributed by atoms with E-state index < -0.39 is 0 Å². The number of hydrogen-bond acceptors (Lipinski definition) is 3. The van der Waals surface area contributed by atoms with Gasteiger partial charge in [-0.05, 0) is 44.7 Å². The second-order valence-electron chi connectivity index (χ2n) is 7.22. The first-order valence-corrected chi connectivity index (χ1v) is 9.80. The second kappa shape index (κ2) is 10.6. The SMILES string of the molecule is CCCCCC1CCN(C2COC(CCCCC)OC2)CC1. The molecule has 2 saturated heterocycles. The quantitative estimate of drug-likeness (QED) is 0.581. The summed E-state index contributed by atoms with van der Waals surface area (Å²) in [5.41, 5.74) is 0. The van der Waals surface area contributed by atoms with Crippen LogP contribution in [0.25, 0.3) is 0 Å². The molecule has 0 unspecified atom stereocenters. The van der Waals surface area contributed by atoms with E-state index in [0.717, 1.165) is 25.6 Å². The van der Waals surface area contributed by atoms with Crippen LogP contribution in [0.5, 0.6) is 0 Å². The van der Waals surface area contributed by atoms with Crippen LogP contribution in [0.2, 0.25) is 0 Å². The van der Waals surface area contributed by atoms with Crippen LogP contribution in [0.15, 0.2) is 0 Å². The maximum Gasteiger partial charge on any atom is 0.157 e. The first kappa shape index (κ1) is 18.2. The smallest absolute Gasteiger partial charge is 0.157 e. The molecule has 0 aromatic heterocycles. The number of hydrogen-bond donors (Lipinski definition) is 0. The van der Waals surface area contributed by atoms with E-state index in [1.165, 1.54) is 70.9 Å². The number of unbranched alkanes of at least 4 members (excludes halogenated alkanes) is 4. The molecular formula is C19H37NO2. The Kier molecular flexibility index (Phi) is 8.79. The monoisotopic (exact) mass is 311 g/mol. The van der Waals surface area contributed by atoms with Gasteiger partial charge in [0.15, 0.2) is 6.29 Å². The largest absolute Gasteiger partial charge is 0.351 e. The molecule has 3 nitrogen and oxygen atoms in total. The van der Waals surface area contributed by atoms with Crippen LogP contribution in [0.1, 0.15) is 78.1 Å². The Morgan fingerprint density at radius 3 is 2.00 bits per heavy atom. The number of nitrogens with zero attached hydrogens (tertiary/aromatic N) is 1. The average Bonchev–Trinajstić information content (AvgIpc) is 2.57. The molecule has 0 atom stereocenters. The molecular weight excluding hydrogens is 274 g/mol. The first-order chi connectivity index (χ1) is 10.8. The Labute approximate surface area is 137 Å². The van der Waals surface area contributed by atoms with E-state index >= 15 is 0 Å². The molecule has 2 fully saturated rings. The van der Waals surface area contributed by atoms with Crippen LogP contribution in [-0.4, -0.2) is 43.5 Å². The van der Waals surface area contributed by atoms with Crippen LogP contribution >= 0.6 is 0 Å². The Bertz CT molecular complexity index is 241. The van der Waals surface area contributed by atoms with E-state index in [1.54, 1.807) is 0 Å². The molecule has 0 N–H and O–H groups in total. The third-order valence-electron chi connectivity index (χ3n) is 5.37. The molecule has 2 heterocycles. The van der Waals surface area contributed by atoms with Gasteiger partial charge in [-0.15, -0.1) is 0 Å². The molecule has 0 aromatic rings. The molecule has 0 aromatic carbocycles. The van der Waals surface area contributed by atoms with E-state index in [4.69, 9.17) is 9.47 Å². The highest BCUT2D eigenvalue weighted by molar-refractivity contribution is 4.80. The third-order valence-corrected chi connectivity index (χ3v) is 5.37. The molecule has 0 radical (unpaired) electrons. The molecule has 0 amide bonds. The molecule has 2 rings (SSSR count). The van der Waals surface area contributed by atoms with Gasteiger partial charge in [-0.1, -0.05) is 52.4 Å². The van der Waals surface area contributed by atoms with E-state index in [0.29, 0.717) is 6.04 Å². The fraction of sp³-hybridized carbons (Fsp3) is 1.00. The highest BCUT2D eigenvalue weighted by atomic mass is 16.7. The average molecular weight is 312 g/mol. The lowest BCUT2D eigenvalue weighted by Crippen LogP contribution is -2.50. The summed E-state index contributed by atoms with van der Waals surface area (Å²) in [5, 5.41) is 0. The lowest BCUT2D eigenvalue weighted by atomic mass is 9.90. The third kappa shape index (κ3) is 6.17. The van der Waals surface area contributed by atoms with Gasteiger partial charge in [-0.3, -0.25) is 4.90 Å². The highest BCUT2D eigenvalue weighted by Crippen LogP contribution is 2.25. The van der Waals surface area contributed by atoms with E-state index in [2.05, 4.69) is 18.7 Å². The summed E-state index contributed by atoms with van der Waals surface area (Å²) in [6.45, 7) is 8.77. The number of likely N-dealkylation sites (tertiary alicyclic amines) is 1. The summed E-state index contributed by atoms with van der Waals surface area (Å²) < 4.78 is 11.9. The summed E-state index contributed by atoms with van der Waals surface area (Å²) in [6, 6.07) is 0.499. The van der Waals surface area contributed by atoms with Crippen molar-refractivity contribution in [2.24, 2.45) is 5.92 Å². The van der Waals surface area contributed by atoms with E-state index in [-0.39, 0.29) is 6.29 Å². The second-order valence-corrected chi connectivity index (χ2v) is 7.22. The lowest BCUT2D eigenvalue weighted by molar-refractivity contribution is -0.209. The summed E-state index contributed by atoms with van der Waals surface area (Å²) in [5.74, 6) is 0.968. The van der Waals surface area contributed by atoms with Crippen LogP contribution in [0.4, 0.5) is 0 Å². The summed E-state index contributed by atoms with van der Waals surface area (Å²) in [6.07, 6.45) is 13.3. The molecule has 2 aliphatic rings. The van der Waals surface area contributed by atoms with Crippen molar-refractivity contribution >= 4 is 0 Å². The van der Waals surface area contributed by atoms with Gasteiger partial charge in [0.2, 0.25) is 0 Å². The molecule has 0 spiro atoms. The van der Waals surface area contributed by atoms with Gasteiger partial charge in [-0.25, -0.2) is 0 Å². The zero-order valence-corrected chi connectivity index (χ0v) is 14.9. The molecule has 130 valence electrons. The summed E-state index contributed by atoms with van der Waals surface area (Å²) in [4.78, 5) is 2.61. The van der Waals surface area contributed by atoms with Gasteiger partial charge >= 0.3 is 0 Å². The minimum atomic E-state index is 0.0642. The van der Waals surface area contributed by atoms with Crippen molar-refractivity contribution in [1.82, 2.24) is 4.90 Å². The van der Waals surface area contributed by atoms with Crippen molar-refractivity contribution in [3.63, 3.8) is 0 Å². The van der Waals surface area contributed by atoms with Gasteiger partial charge in [-0.2, -0.15) is 0 Å². The van der Waals surface area contributed by atoms with Gasteiger partial charge < -0.3 is 9.47 Å². The van der Waals surface area contributed by atoms with Crippen LogP contribution < -0.4 is 0 Å². The number of ether oxygens (including phenoxy) is 2. The van der Waals surface area contributed by atoms with Crippen molar-refractivity contribution in [1.29, 1.82) is 0 Å². The minimum Gasteiger partial charge on any atom is -0.351 e. The molecule has 0 saturated carbocycles. The topological polar surface area (TPSA) is 21.7 Å². The predicted molar refractivity (Wildman–Crippen MR) is 92.1 cm³/mol. The van der Waals surface area contributed by atoms with Crippen molar-refractivity contribution < 1.29 is 9.47 Å². The number of piperidine rings is 1. The first-order valence-electron chi connectivity index (χ1n) is 9.80. The van der Waals surface area contributed by atoms with Crippen LogP contribution in [0.3, 0.4) is 0 Å². The molecule has 0 bridgehead atoms. The van der Waals surface area contributed by atoms with Crippen molar-refractivity contribution in [2.75, 3.05) is 26.3 Å². The van der Waals surface area contributed by atoms with E-state index in [9.17, 15) is 0 Å². The predicted octanol–water partition coefficient (Wildman–Crippen LogP) is 4.60. The Hall–Kier alpha value is -0.120. The van der Waals surface area contributed by atoms with Crippen molar-refractivity contribution in [3.05, 3.63) is 0 Å². The van der Waals surface area contributed by atoms with Gasteiger partial charge in [0.25, 0.3) is 0 Å². The van der Waals surface area contributed by atoms with Crippen LogP contribution in [0, 0.1) is 5.92 Å². The normalized spacial score (nSPS) is 28.1. The Morgan fingerprint density at radius 1 is 0.818 bits per heavy atom. The maximum atomic E-state index is 5.93. The fourth-order valence-corrected chi connectivity index (χ4v) is 3.76. The highest BCUT2D eigenvalue weighted by Gasteiger charge is 2.29. The lowest BCUT2D eigenvalue weighted by Gasteiger charge is -2.40.